The maximum absolute atomic E-state index is 12.8. The van der Waals surface area contributed by atoms with Crippen molar-refractivity contribution in [2.24, 2.45) is 0 Å². The summed E-state index contributed by atoms with van der Waals surface area (Å²) in [5, 5.41) is 0. The largest absolute Gasteiger partial charge is 0.493 e. The lowest BCUT2D eigenvalue weighted by atomic mass is 9.96. The van der Waals surface area contributed by atoms with Crippen molar-refractivity contribution in [3.8, 4) is 11.5 Å². The molecule has 0 atom stereocenters. The first-order valence-corrected chi connectivity index (χ1v) is 8.69. The Kier molecular flexibility index (Phi) is 3.89. The third kappa shape index (κ3) is 2.67. The fourth-order valence-corrected chi connectivity index (χ4v) is 3.85. The van der Waals surface area contributed by atoms with E-state index in [1.54, 1.807) is 0 Å². The molecule has 0 N–H and O–H groups in total. The Morgan fingerprint density at radius 3 is 2.70 bits per heavy atom. The molecule has 1 saturated heterocycles. The minimum Gasteiger partial charge on any atom is -0.493 e. The molecule has 0 radical (unpaired) electrons. The van der Waals surface area contributed by atoms with Crippen molar-refractivity contribution in [3.05, 3.63) is 22.8 Å². The minimum atomic E-state index is 0.221. The van der Waals surface area contributed by atoms with Gasteiger partial charge in [-0.05, 0) is 12.6 Å². The first-order chi connectivity index (χ1) is 11.3. The Morgan fingerprint density at radius 2 is 1.91 bits per heavy atom. The second-order valence-electron chi connectivity index (χ2n) is 6.51. The number of nitrogens with zero attached hydrogens (tertiary/aromatic N) is 2. The Bertz CT molecular complexity index is 589. The SMILES string of the molecule is CCN1CCN(C(=O)Cc2c3c(cc4c2OCC4)OCC3)CC1. The Morgan fingerprint density at radius 1 is 1.13 bits per heavy atom. The van der Waals surface area contributed by atoms with Gasteiger partial charge in [-0.25, -0.2) is 0 Å². The minimum absolute atomic E-state index is 0.221. The molecule has 4 rings (SSSR count). The highest BCUT2D eigenvalue weighted by Crippen LogP contribution is 2.40. The van der Waals surface area contributed by atoms with E-state index in [1.807, 2.05) is 4.90 Å². The molecular weight excluding hydrogens is 292 g/mol. The lowest BCUT2D eigenvalue weighted by Gasteiger charge is -2.34. The van der Waals surface area contributed by atoms with Crippen LogP contribution in [-0.2, 0) is 24.1 Å². The number of rotatable bonds is 3. The monoisotopic (exact) mass is 316 g/mol. The quantitative estimate of drug-likeness (QED) is 0.842. The summed E-state index contributed by atoms with van der Waals surface area (Å²) in [5.41, 5.74) is 3.46. The highest BCUT2D eigenvalue weighted by atomic mass is 16.5. The van der Waals surface area contributed by atoms with Crippen LogP contribution in [0.25, 0.3) is 0 Å². The molecule has 1 fully saturated rings. The number of hydrogen-bond donors (Lipinski definition) is 0. The van der Waals surface area contributed by atoms with Gasteiger partial charge in [0, 0.05) is 55.7 Å². The summed E-state index contributed by atoms with van der Waals surface area (Å²) in [6.07, 6.45) is 2.25. The average molecular weight is 316 g/mol. The zero-order valence-corrected chi connectivity index (χ0v) is 13.8. The van der Waals surface area contributed by atoms with Crippen molar-refractivity contribution in [1.82, 2.24) is 9.80 Å². The van der Waals surface area contributed by atoms with Crippen LogP contribution in [0.2, 0.25) is 0 Å². The Labute approximate surface area is 137 Å². The van der Waals surface area contributed by atoms with E-state index in [0.29, 0.717) is 19.6 Å². The zero-order valence-electron chi connectivity index (χ0n) is 13.8. The maximum atomic E-state index is 12.8. The van der Waals surface area contributed by atoms with E-state index in [2.05, 4.69) is 17.9 Å². The molecule has 3 heterocycles. The van der Waals surface area contributed by atoms with E-state index in [9.17, 15) is 4.79 Å². The molecule has 1 amide bonds. The van der Waals surface area contributed by atoms with E-state index < -0.39 is 0 Å². The normalized spacial score (nSPS) is 20.0. The summed E-state index contributed by atoms with van der Waals surface area (Å²) in [7, 11) is 0. The van der Waals surface area contributed by atoms with Gasteiger partial charge in [-0.2, -0.15) is 0 Å². The maximum Gasteiger partial charge on any atom is 0.227 e. The van der Waals surface area contributed by atoms with Crippen molar-refractivity contribution in [2.45, 2.75) is 26.2 Å². The number of piperazine rings is 1. The number of amides is 1. The molecular formula is C18H24N2O3. The summed E-state index contributed by atoms with van der Waals surface area (Å²) >= 11 is 0. The van der Waals surface area contributed by atoms with Crippen molar-refractivity contribution in [3.63, 3.8) is 0 Å². The van der Waals surface area contributed by atoms with Crippen LogP contribution in [0, 0.1) is 0 Å². The third-order valence-electron chi connectivity index (χ3n) is 5.26. The molecule has 0 unspecified atom stereocenters. The van der Waals surface area contributed by atoms with Gasteiger partial charge in [0.1, 0.15) is 11.5 Å². The molecule has 23 heavy (non-hydrogen) atoms. The topological polar surface area (TPSA) is 42.0 Å². The molecule has 3 aliphatic rings. The van der Waals surface area contributed by atoms with E-state index in [4.69, 9.17) is 9.47 Å². The third-order valence-corrected chi connectivity index (χ3v) is 5.26. The van der Waals surface area contributed by atoms with E-state index in [-0.39, 0.29) is 5.91 Å². The van der Waals surface area contributed by atoms with Crippen LogP contribution in [0.15, 0.2) is 6.07 Å². The number of carbonyl (C=O) groups excluding carboxylic acids is 1. The van der Waals surface area contributed by atoms with Gasteiger partial charge in [0.2, 0.25) is 5.91 Å². The predicted octanol–water partition coefficient (Wildman–Crippen LogP) is 1.26. The molecule has 5 nitrogen and oxygen atoms in total. The summed E-state index contributed by atoms with van der Waals surface area (Å²) in [6, 6.07) is 2.11. The molecule has 3 aliphatic heterocycles. The Hall–Kier alpha value is -1.75. The number of ether oxygens (including phenoxy) is 2. The molecule has 0 spiro atoms. The van der Waals surface area contributed by atoms with Crippen LogP contribution in [0.3, 0.4) is 0 Å². The van der Waals surface area contributed by atoms with Gasteiger partial charge in [-0.3, -0.25) is 4.79 Å². The van der Waals surface area contributed by atoms with E-state index in [1.165, 1.54) is 11.1 Å². The van der Waals surface area contributed by atoms with Crippen molar-refractivity contribution in [2.75, 3.05) is 45.9 Å². The molecule has 5 heteroatoms. The molecule has 1 aromatic rings. The van der Waals surface area contributed by atoms with Crippen molar-refractivity contribution in [1.29, 1.82) is 0 Å². The summed E-state index contributed by atoms with van der Waals surface area (Å²) in [6.45, 7) is 8.30. The number of carbonyl (C=O) groups is 1. The van der Waals surface area contributed by atoms with Crippen molar-refractivity contribution >= 4 is 5.91 Å². The lowest BCUT2D eigenvalue weighted by molar-refractivity contribution is -0.132. The van der Waals surface area contributed by atoms with Crippen LogP contribution in [0.5, 0.6) is 11.5 Å². The lowest BCUT2D eigenvalue weighted by Crippen LogP contribution is -2.48. The van der Waals surface area contributed by atoms with E-state index >= 15 is 0 Å². The molecule has 0 saturated carbocycles. The van der Waals surface area contributed by atoms with Crippen LogP contribution in [0.1, 0.15) is 23.6 Å². The fraction of sp³-hybridized carbons (Fsp3) is 0.611. The summed E-state index contributed by atoms with van der Waals surface area (Å²) in [5.74, 6) is 2.14. The van der Waals surface area contributed by atoms with Gasteiger partial charge in [-0.1, -0.05) is 6.92 Å². The fourth-order valence-electron chi connectivity index (χ4n) is 3.85. The molecule has 0 bridgehead atoms. The number of hydrogen-bond acceptors (Lipinski definition) is 4. The standard InChI is InChI=1S/C18H24N2O3/c1-2-19-5-7-20(8-6-19)17(21)12-15-14-4-10-22-16(14)11-13-3-9-23-18(13)15/h11H,2-10,12H2,1H3. The number of fused-ring (bicyclic) bond motifs is 2. The van der Waals surface area contributed by atoms with Crippen molar-refractivity contribution < 1.29 is 14.3 Å². The second kappa shape index (κ2) is 6.04. The highest BCUT2D eigenvalue weighted by Gasteiger charge is 2.29. The number of likely N-dealkylation sites (N-methyl/N-ethyl adjacent to an activating group) is 1. The summed E-state index contributed by atoms with van der Waals surface area (Å²) < 4.78 is 11.6. The molecule has 124 valence electrons. The second-order valence-corrected chi connectivity index (χ2v) is 6.51. The van der Waals surface area contributed by atoms with E-state index in [0.717, 1.165) is 62.6 Å². The van der Waals surface area contributed by atoms with Gasteiger partial charge in [0.15, 0.2) is 0 Å². The van der Waals surface area contributed by atoms with Crippen LogP contribution in [-0.4, -0.2) is 61.6 Å². The smallest absolute Gasteiger partial charge is 0.227 e. The molecule has 1 aromatic carbocycles. The zero-order chi connectivity index (χ0) is 15.8. The highest BCUT2D eigenvalue weighted by molar-refractivity contribution is 5.81. The van der Waals surface area contributed by atoms with Gasteiger partial charge in [0.05, 0.1) is 19.6 Å². The average Bonchev–Trinajstić information content (AvgIpc) is 3.23. The summed E-state index contributed by atoms with van der Waals surface area (Å²) in [4.78, 5) is 17.2. The molecule has 0 aromatic heterocycles. The first-order valence-electron chi connectivity index (χ1n) is 8.69. The predicted molar refractivity (Wildman–Crippen MR) is 87.2 cm³/mol. The van der Waals surface area contributed by atoms with Gasteiger partial charge < -0.3 is 19.3 Å². The van der Waals surface area contributed by atoms with Gasteiger partial charge >= 0.3 is 0 Å². The van der Waals surface area contributed by atoms with Gasteiger partial charge in [-0.15, -0.1) is 0 Å². The molecule has 0 aliphatic carbocycles. The van der Waals surface area contributed by atoms with Crippen LogP contribution >= 0.6 is 0 Å². The van der Waals surface area contributed by atoms with Crippen LogP contribution < -0.4 is 9.47 Å². The number of benzene rings is 1. The van der Waals surface area contributed by atoms with Crippen LogP contribution in [0.4, 0.5) is 0 Å². The van der Waals surface area contributed by atoms with Gasteiger partial charge in [0.25, 0.3) is 0 Å². The first kappa shape index (κ1) is 14.8. The Balaban J connectivity index is 1.54.